The molecule has 7 atom stereocenters. The zero-order chi connectivity index (χ0) is 49.6. The Hall–Kier alpha value is -8.92. The number of carbonyl (C=O) groups is 6. The van der Waals surface area contributed by atoms with Crippen LogP contribution in [0, 0.1) is 0 Å². The smallest absolute Gasteiger partial charge is 0.340 e. The van der Waals surface area contributed by atoms with Gasteiger partial charge in [-0.1, -0.05) is 0 Å². The predicted molar refractivity (Wildman–Crippen MR) is 205 cm³/mol. The van der Waals surface area contributed by atoms with E-state index in [0.29, 0.717) is 48.5 Å². The summed E-state index contributed by atoms with van der Waals surface area (Å²) >= 11 is 0. The van der Waals surface area contributed by atoms with Crippen LogP contribution in [0.5, 0.6) is 69.0 Å². The van der Waals surface area contributed by atoms with E-state index in [9.17, 15) is 100 Å². The van der Waals surface area contributed by atoms with Gasteiger partial charge in [-0.3, -0.25) is 4.79 Å². The third kappa shape index (κ3) is 7.18. The van der Waals surface area contributed by atoms with Gasteiger partial charge in [-0.05, 0) is 48.5 Å². The summed E-state index contributed by atoms with van der Waals surface area (Å²) in [5, 5.41) is 146. The Balaban J connectivity index is 1.32. The highest BCUT2D eigenvalue weighted by molar-refractivity contribution is 6.08. The molecule has 0 aromatic heterocycles. The van der Waals surface area contributed by atoms with Crippen LogP contribution in [-0.4, -0.2) is 156 Å². The molecule has 356 valence electrons. The number of ether oxygens (including phenoxy) is 7. The van der Waals surface area contributed by atoms with E-state index in [1.54, 1.807) is 0 Å². The number of esters is 5. The van der Waals surface area contributed by atoms with E-state index in [-0.39, 0.29) is 0 Å². The lowest BCUT2D eigenvalue weighted by atomic mass is 9.70. The Morgan fingerprint density at radius 1 is 0.574 bits per heavy atom. The first-order valence-corrected chi connectivity index (χ1v) is 19.0. The minimum atomic E-state index is -3.90. The SMILES string of the molecule is O=C1OC[C@H]2O[C@@H](OC(=O)c3cc(O)c(O)c(O)c3)[C@H](OC(=O)c3cc(O)c(O)c(O)c3)[C@@H](OC(=O)c3cc(O)c(O)c(O)c3)[C@@H]2OC(=O)c2cc(O)c(O)c3c2[C@@H]2C1=CC(=O)[C@@](O)(O3)C2(O)O. The molecule has 14 N–H and O–H groups in total. The summed E-state index contributed by atoms with van der Waals surface area (Å²) in [6, 6.07) is 3.66. The average Bonchev–Trinajstić information content (AvgIpc) is 3.28. The number of hydrogen-bond acceptors (Lipinski definition) is 27. The first kappa shape index (κ1) is 45.6. The molecular weight excluding hydrogens is 924 g/mol. The number of benzene rings is 4. The molecular formula is C41H30O27. The van der Waals surface area contributed by atoms with Crippen molar-refractivity contribution in [3.63, 3.8) is 0 Å². The zero-order valence-electron chi connectivity index (χ0n) is 33.4. The Labute approximate surface area is 374 Å². The van der Waals surface area contributed by atoms with Gasteiger partial charge in [-0.25, -0.2) is 24.0 Å². The number of hydrogen-bond donors (Lipinski definition) is 14. The molecule has 0 spiro atoms. The van der Waals surface area contributed by atoms with Crippen LogP contribution in [0.4, 0.5) is 0 Å². The maximum Gasteiger partial charge on any atom is 0.340 e. The van der Waals surface area contributed by atoms with Crippen molar-refractivity contribution >= 4 is 35.6 Å². The van der Waals surface area contributed by atoms with Crippen molar-refractivity contribution in [2.75, 3.05) is 6.61 Å². The van der Waals surface area contributed by atoms with Crippen LogP contribution < -0.4 is 4.74 Å². The molecule has 2 bridgehead atoms. The average molecular weight is 955 g/mol. The van der Waals surface area contributed by atoms with Gasteiger partial charge >= 0.3 is 35.6 Å². The molecule has 8 rings (SSSR count). The fourth-order valence-electron chi connectivity index (χ4n) is 7.59. The third-order valence-electron chi connectivity index (χ3n) is 10.9. The second-order valence-corrected chi connectivity index (χ2v) is 15.1. The van der Waals surface area contributed by atoms with E-state index in [2.05, 4.69) is 0 Å². The van der Waals surface area contributed by atoms with Gasteiger partial charge in [0.05, 0.1) is 33.7 Å². The highest BCUT2D eigenvalue weighted by Crippen LogP contribution is 2.58. The molecule has 0 radical (unpaired) electrons. The van der Waals surface area contributed by atoms with Crippen molar-refractivity contribution in [2.45, 2.75) is 48.2 Å². The number of carbonyl (C=O) groups excluding carboxylic acids is 6. The van der Waals surface area contributed by atoms with E-state index in [4.69, 9.17) is 33.2 Å². The van der Waals surface area contributed by atoms with Crippen LogP contribution in [0.3, 0.4) is 0 Å². The van der Waals surface area contributed by atoms with E-state index in [0.717, 1.165) is 0 Å². The molecule has 0 saturated carbocycles. The summed E-state index contributed by atoms with van der Waals surface area (Å²) < 4.78 is 38.6. The molecule has 0 unspecified atom stereocenters. The number of ketones is 1. The zero-order valence-corrected chi connectivity index (χ0v) is 33.4. The molecule has 27 nitrogen and oxygen atoms in total. The second-order valence-electron chi connectivity index (χ2n) is 15.1. The van der Waals surface area contributed by atoms with E-state index in [1.165, 1.54) is 0 Å². The summed E-state index contributed by atoms with van der Waals surface area (Å²) in [6.07, 6.45) is -12.0. The number of aromatic hydroxyl groups is 11. The monoisotopic (exact) mass is 954 g/mol. The topological polar surface area (TPSA) is 450 Å². The van der Waals surface area contributed by atoms with Gasteiger partial charge in [-0.2, -0.15) is 0 Å². The van der Waals surface area contributed by atoms with E-state index >= 15 is 0 Å². The highest BCUT2D eigenvalue weighted by atomic mass is 16.7. The van der Waals surface area contributed by atoms with Crippen molar-refractivity contribution in [2.24, 2.45) is 0 Å². The number of rotatable bonds is 6. The number of aliphatic hydroxyl groups is 3. The fourth-order valence-corrected chi connectivity index (χ4v) is 7.59. The molecule has 0 amide bonds. The van der Waals surface area contributed by atoms with Gasteiger partial charge in [0.2, 0.25) is 23.9 Å². The van der Waals surface area contributed by atoms with Crippen molar-refractivity contribution in [1.82, 2.24) is 0 Å². The number of phenolic OH excluding ortho intramolecular Hbond substituents is 11. The molecule has 3 heterocycles. The van der Waals surface area contributed by atoms with Crippen molar-refractivity contribution in [1.29, 1.82) is 0 Å². The van der Waals surface area contributed by atoms with E-state index < -0.39 is 193 Å². The Morgan fingerprint density at radius 3 is 1.50 bits per heavy atom. The first-order chi connectivity index (χ1) is 31.8. The molecule has 4 aromatic rings. The van der Waals surface area contributed by atoms with Crippen LogP contribution in [0.15, 0.2) is 54.1 Å². The van der Waals surface area contributed by atoms with Gasteiger partial charge in [0.25, 0.3) is 5.79 Å². The van der Waals surface area contributed by atoms with Gasteiger partial charge in [0.15, 0.2) is 75.5 Å². The minimum absolute atomic E-state index is 0.325. The Morgan fingerprint density at radius 2 is 1.01 bits per heavy atom. The molecule has 1 aliphatic carbocycles. The predicted octanol–water partition coefficient (Wildman–Crippen LogP) is -1.08. The molecule has 27 heteroatoms. The first-order valence-electron chi connectivity index (χ1n) is 19.0. The lowest BCUT2D eigenvalue weighted by Gasteiger charge is -2.49. The quantitative estimate of drug-likeness (QED) is 0.0473. The molecule has 1 saturated heterocycles. The van der Waals surface area contributed by atoms with Gasteiger partial charge in [0, 0.05) is 5.56 Å². The highest BCUT2D eigenvalue weighted by Gasteiger charge is 2.70. The standard InChI is InChI=1S/C41H30O27/c42-15-1-10(2-16(43)26(15)50)34(54)65-32-30-22(9-62-37(57)14-8-23(49)41(61)40(59,60)25(14)24-13(38(58)64-30)7-21(48)29(53)31(24)68-41)63-39(67-36(56)12-5-19(46)28(52)20(47)6-12)33(32)66-35(55)11-3-17(44)27(51)18(45)4-11/h1-8,22,25,30,32-33,39,42-48,50-53,59-61H,9H2/t22-,25+,30-,32+,33-,39+,41-/m1/s1. The minimum Gasteiger partial charge on any atom is -0.504 e. The maximum absolute atomic E-state index is 14.5. The lowest BCUT2D eigenvalue weighted by Crippen LogP contribution is -2.70. The number of cyclic esters (lactones) is 1. The molecule has 3 aliphatic heterocycles. The van der Waals surface area contributed by atoms with Crippen molar-refractivity contribution in [3.8, 4) is 69.0 Å². The van der Waals surface area contributed by atoms with Crippen molar-refractivity contribution < 1.29 is 133 Å². The summed E-state index contributed by atoms with van der Waals surface area (Å²) in [5.74, 6) is -34.2. The maximum atomic E-state index is 14.5. The van der Waals surface area contributed by atoms with Crippen LogP contribution >= 0.6 is 0 Å². The molecule has 1 fully saturated rings. The summed E-state index contributed by atoms with van der Waals surface area (Å²) in [6.45, 7) is -1.30. The molecule has 4 aromatic carbocycles. The van der Waals surface area contributed by atoms with Gasteiger partial charge < -0.3 is 105 Å². The van der Waals surface area contributed by atoms with Crippen molar-refractivity contribution in [3.05, 3.63) is 81.9 Å². The van der Waals surface area contributed by atoms with Gasteiger partial charge in [-0.15, -0.1) is 0 Å². The van der Waals surface area contributed by atoms with Crippen LogP contribution in [0.2, 0.25) is 0 Å². The summed E-state index contributed by atoms with van der Waals surface area (Å²) in [7, 11) is 0. The summed E-state index contributed by atoms with van der Waals surface area (Å²) in [4.78, 5) is 83.2. The fraction of sp³-hybridized carbons (Fsp3) is 0.220. The largest absolute Gasteiger partial charge is 0.504 e. The van der Waals surface area contributed by atoms with E-state index in [1.807, 2.05) is 0 Å². The van der Waals surface area contributed by atoms with Crippen LogP contribution in [-0.2, 0) is 38.0 Å². The third-order valence-corrected chi connectivity index (χ3v) is 10.9. The number of phenols is 11. The Bertz CT molecular complexity index is 2870. The summed E-state index contributed by atoms with van der Waals surface area (Å²) in [5.41, 5.74) is -5.52. The molecule has 4 aliphatic rings. The van der Waals surface area contributed by atoms with Gasteiger partial charge in [0.1, 0.15) is 12.7 Å². The normalized spacial score (nSPS) is 24.6. The Kier molecular flexibility index (Phi) is 10.7. The lowest BCUT2D eigenvalue weighted by molar-refractivity contribution is -0.339. The van der Waals surface area contributed by atoms with Crippen LogP contribution in [0.25, 0.3) is 0 Å². The van der Waals surface area contributed by atoms with Crippen LogP contribution in [0.1, 0.15) is 52.9 Å². The second kappa shape index (κ2) is 15.9. The molecule has 68 heavy (non-hydrogen) atoms. The number of fused-ring (bicyclic) bond motifs is 2.